The van der Waals surface area contributed by atoms with Crippen LogP contribution in [0.15, 0.2) is 65.3 Å². The van der Waals surface area contributed by atoms with E-state index in [4.69, 9.17) is 16.0 Å². The van der Waals surface area contributed by atoms with Crippen LogP contribution in [0.3, 0.4) is 0 Å². The quantitative estimate of drug-likeness (QED) is 0.702. The van der Waals surface area contributed by atoms with E-state index in [1.54, 1.807) is 0 Å². The summed E-state index contributed by atoms with van der Waals surface area (Å²) in [6.45, 7) is 2.97. The molecule has 0 atom stereocenters. The first-order valence-electron chi connectivity index (χ1n) is 7.75. The second-order valence-corrected chi connectivity index (χ2v) is 6.39. The Kier molecular flexibility index (Phi) is 3.90. The van der Waals surface area contributed by atoms with Crippen molar-refractivity contribution in [3.05, 3.63) is 77.3 Å². The SMILES string of the molecule is Clc1ccc(-c2ccc(CN3CC(c4cccnc4)C3)o2)cc1. The van der Waals surface area contributed by atoms with Gasteiger partial charge in [0.2, 0.25) is 0 Å². The van der Waals surface area contributed by atoms with Gasteiger partial charge < -0.3 is 4.42 Å². The number of hydrogen-bond acceptors (Lipinski definition) is 3. The van der Waals surface area contributed by atoms with Crippen molar-refractivity contribution in [1.29, 1.82) is 0 Å². The molecule has 4 rings (SSSR count). The van der Waals surface area contributed by atoms with Crippen LogP contribution in [0.4, 0.5) is 0 Å². The summed E-state index contributed by atoms with van der Waals surface area (Å²) in [4.78, 5) is 6.58. The molecule has 1 saturated heterocycles. The second kappa shape index (κ2) is 6.19. The zero-order chi connectivity index (χ0) is 15.6. The number of hydrogen-bond donors (Lipinski definition) is 0. The molecule has 2 aromatic heterocycles. The monoisotopic (exact) mass is 324 g/mol. The van der Waals surface area contributed by atoms with Crippen molar-refractivity contribution >= 4 is 11.6 Å². The Balaban J connectivity index is 1.37. The van der Waals surface area contributed by atoms with Crippen LogP contribution in [0.1, 0.15) is 17.2 Å². The van der Waals surface area contributed by atoms with Crippen LogP contribution in [0.25, 0.3) is 11.3 Å². The maximum absolute atomic E-state index is 5.96. The predicted octanol–water partition coefficient (Wildman–Crippen LogP) is 4.59. The van der Waals surface area contributed by atoms with Crippen LogP contribution in [0, 0.1) is 0 Å². The molecule has 0 unspecified atom stereocenters. The fourth-order valence-electron chi connectivity index (χ4n) is 2.98. The molecular weight excluding hydrogens is 308 g/mol. The highest BCUT2D eigenvalue weighted by atomic mass is 35.5. The second-order valence-electron chi connectivity index (χ2n) is 5.95. The van der Waals surface area contributed by atoms with E-state index in [1.807, 2.05) is 48.8 Å². The van der Waals surface area contributed by atoms with Crippen LogP contribution in [0.2, 0.25) is 5.02 Å². The number of nitrogens with zero attached hydrogens (tertiary/aromatic N) is 2. The minimum absolute atomic E-state index is 0.592. The molecule has 0 saturated carbocycles. The highest BCUT2D eigenvalue weighted by Crippen LogP contribution is 2.29. The lowest BCUT2D eigenvalue weighted by Gasteiger charge is -2.38. The average Bonchev–Trinajstić information content (AvgIpc) is 3.01. The van der Waals surface area contributed by atoms with Crippen LogP contribution in [0.5, 0.6) is 0 Å². The topological polar surface area (TPSA) is 29.3 Å². The maximum Gasteiger partial charge on any atom is 0.134 e. The van der Waals surface area contributed by atoms with Gasteiger partial charge >= 0.3 is 0 Å². The van der Waals surface area contributed by atoms with Gasteiger partial charge in [0.1, 0.15) is 11.5 Å². The Hall–Kier alpha value is -2.10. The average molecular weight is 325 g/mol. The molecule has 4 heteroatoms. The van der Waals surface area contributed by atoms with Crippen LogP contribution in [-0.4, -0.2) is 23.0 Å². The van der Waals surface area contributed by atoms with E-state index in [-0.39, 0.29) is 0 Å². The molecule has 3 aromatic rings. The molecule has 0 radical (unpaired) electrons. The number of rotatable bonds is 4. The van der Waals surface area contributed by atoms with Crippen molar-refractivity contribution < 1.29 is 4.42 Å². The van der Waals surface area contributed by atoms with Gasteiger partial charge in [-0.3, -0.25) is 9.88 Å². The maximum atomic E-state index is 5.96. The zero-order valence-corrected chi connectivity index (χ0v) is 13.4. The third kappa shape index (κ3) is 3.16. The van der Waals surface area contributed by atoms with Gasteiger partial charge in [-0.2, -0.15) is 0 Å². The van der Waals surface area contributed by atoms with Gasteiger partial charge in [-0.1, -0.05) is 17.7 Å². The molecule has 0 amide bonds. The van der Waals surface area contributed by atoms with E-state index in [1.165, 1.54) is 5.56 Å². The number of benzene rings is 1. The first-order chi connectivity index (χ1) is 11.3. The van der Waals surface area contributed by atoms with E-state index in [0.717, 1.165) is 41.7 Å². The van der Waals surface area contributed by atoms with Crippen LogP contribution in [-0.2, 0) is 6.54 Å². The highest BCUT2D eigenvalue weighted by molar-refractivity contribution is 6.30. The van der Waals surface area contributed by atoms with E-state index < -0.39 is 0 Å². The highest BCUT2D eigenvalue weighted by Gasteiger charge is 2.28. The van der Waals surface area contributed by atoms with Crippen molar-refractivity contribution in [2.75, 3.05) is 13.1 Å². The molecule has 0 N–H and O–H groups in total. The van der Waals surface area contributed by atoms with Gasteiger partial charge in [0.05, 0.1) is 6.54 Å². The summed E-state index contributed by atoms with van der Waals surface area (Å²) in [5, 5.41) is 0.738. The molecule has 23 heavy (non-hydrogen) atoms. The molecule has 0 aliphatic carbocycles. The summed E-state index contributed by atoms with van der Waals surface area (Å²) >= 11 is 5.92. The van der Waals surface area contributed by atoms with Gasteiger partial charge in [0, 0.05) is 42.0 Å². The lowest BCUT2D eigenvalue weighted by molar-refractivity contribution is 0.129. The van der Waals surface area contributed by atoms with Gasteiger partial charge in [-0.25, -0.2) is 0 Å². The van der Waals surface area contributed by atoms with Crippen LogP contribution >= 0.6 is 11.6 Å². The van der Waals surface area contributed by atoms with Gasteiger partial charge in [-0.05, 0) is 48.0 Å². The Morgan fingerprint density at radius 2 is 1.91 bits per heavy atom. The normalized spacial score (nSPS) is 15.5. The van der Waals surface area contributed by atoms with Crippen LogP contribution < -0.4 is 0 Å². The molecule has 3 heterocycles. The predicted molar refractivity (Wildman–Crippen MR) is 91.4 cm³/mol. The molecule has 0 bridgehead atoms. The van der Waals surface area contributed by atoms with Crippen molar-refractivity contribution in [3.8, 4) is 11.3 Å². The van der Waals surface area contributed by atoms with Gasteiger partial charge in [0.25, 0.3) is 0 Å². The molecule has 0 spiro atoms. The lowest BCUT2D eigenvalue weighted by atomic mass is 9.93. The summed E-state index contributed by atoms with van der Waals surface area (Å²) < 4.78 is 5.96. The van der Waals surface area contributed by atoms with Crippen molar-refractivity contribution in [1.82, 2.24) is 9.88 Å². The Bertz CT molecular complexity index is 777. The van der Waals surface area contributed by atoms with E-state index in [2.05, 4.69) is 22.0 Å². The first-order valence-corrected chi connectivity index (χ1v) is 8.13. The van der Waals surface area contributed by atoms with Gasteiger partial charge in [-0.15, -0.1) is 0 Å². The molecule has 1 aliphatic heterocycles. The first kappa shape index (κ1) is 14.5. The standard InChI is InChI=1S/C19H17ClN2O/c20-17-5-3-14(4-6-17)19-8-7-18(23-19)13-22-11-16(12-22)15-2-1-9-21-10-15/h1-10,16H,11-13H2. The van der Waals surface area contributed by atoms with E-state index in [0.29, 0.717) is 5.92 Å². The minimum Gasteiger partial charge on any atom is -0.460 e. The molecular formula is C19H17ClN2O. The summed E-state index contributed by atoms with van der Waals surface area (Å²) in [7, 11) is 0. The van der Waals surface area contributed by atoms with Crippen molar-refractivity contribution in [3.63, 3.8) is 0 Å². The summed E-state index contributed by atoms with van der Waals surface area (Å²) in [5.74, 6) is 2.48. The third-order valence-corrected chi connectivity index (χ3v) is 4.53. The zero-order valence-electron chi connectivity index (χ0n) is 12.7. The minimum atomic E-state index is 0.592. The summed E-state index contributed by atoms with van der Waals surface area (Å²) in [6, 6.07) is 16.0. The van der Waals surface area contributed by atoms with Crippen molar-refractivity contribution in [2.45, 2.75) is 12.5 Å². The summed E-state index contributed by atoms with van der Waals surface area (Å²) in [6.07, 6.45) is 3.79. The molecule has 1 fully saturated rings. The van der Waals surface area contributed by atoms with E-state index in [9.17, 15) is 0 Å². The molecule has 1 aromatic carbocycles. The largest absolute Gasteiger partial charge is 0.460 e. The molecule has 1 aliphatic rings. The fourth-order valence-corrected chi connectivity index (χ4v) is 3.11. The number of pyridine rings is 1. The molecule has 3 nitrogen and oxygen atoms in total. The Morgan fingerprint density at radius 3 is 2.65 bits per heavy atom. The van der Waals surface area contributed by atoms with Gasteiger partial charge in [0.15, 0.2) is 0 Å². The Morgan fingerprint density at radius 1 is 1.09 bits per heavy atom. The van der Waals surface area contributed by atoms with Crippen molar-refractivity contribution in [2.24, 2.45) is 0 Å². The number of aromatic nitrogens is 1. The number of furan rings is 1. The summed E-state index contributed by atoms with van der Waals surface area (Å²) in [5.41, 5.74) is 2.38. The van der Waals surface area contributed by atoms with E-state index >= 15 is 0 Å². The smallest absolute Gasteiger partial charge is 0.134 e. The molecule has 116 valence electrons. The lowest BCUT2D eigenvalue weighted by Crippen LogP contribution is -2.44. The number of halogens is 1. The fraction of sp³-hybridized carbons (Fsp3) is 0.211. The number of likely N-dealkylation sites (tertiary alicyclic amines) is 1. The third-order valence-electron chi connectivity index (χ3n) is 4.28. The Labute approximate surface area is 140 Å².